The Morgan fingerprint density at radius 1 is 1.00 bits per heavy atom. The first-order valence-corrected chi connectivity index (χ1v) is 10.5. The van der Waals surface area contributed by atoms with Crippen molar-refractivity contribution in [2.75, 3.05) is 26.7 Å². The smallest absolute Gasteiger partial charge is 0.414 e. The molecule has 0 atom stereocenters. The average molecular weight is 426 g/mol. The molecule has 6 nitrogen and oxygen atoms in total. The van der Waals surface area contributed by atoms with Crippen molar-refractivity contribution in [3.05, 3.63) is 70.8 Å². The molecule has 2 aromatic carbocycles. The lowest BCUT2D eigenvalue weighted by Crippen LogP contribution is -2.24. The SMILES string of the molecule is CCN(CC)CCC1=C(Cc2ccccc2)Cc2ccc(OC)cc21.O=C(O)C(=O)O. The second-order valence-corrected chi connectivity index (χ2v) is 7.33. The van der Waals surface area contributed by atoms with Crippen molar-refractivity contribution in [2.45, 2.75) is 33.1 Å². The van der Waals surface area contributed by atoms with Gasteiger partial charge in [-0.25, -0.2) is 9.59 Å². The van der Waals surface area contributed by atoms with Crippen LogP contribution in [0.4, 0.5) is 0 Å². The zero-order chi connectivity index (χ0) is 22.8. The second-order valence-electron chi connectivity index (χ2n) is 7.33. The number of ether oxygens (including phenoxy) is 1. The van der Waals surface area contributed by atoms with E-state index in [-0.39, 0.29) is 0 Å². The molecule has 0 bridgehead atoms. The second kappa shape index (κ2) is 11.9. The van der Waals surface area contributed by atoms with Gasteiger partial charge in [-0.15, -0.1) is 0 Å². The molecule has 0 fully saturated rings. The van der Waals surface area contributed by atoms with E-state index in [4.69, 9.17) is 24.5 Å². The van der Waals surface area contributed by atoms with Crippen LogP contribution in [0.1, 0.15) is 37.0 Å². The van der Waals surface area contributed by atoms with Crippen molar-refractivity contribution < 1.29 is 24.5 Å². The predicted octanol–water partition coefficient (Wildman–Crippen LogP) is 4.14. The molecule has 1 aliphatic carbocycles. The fraction of sp³-hybridized carbons (Fsp3) is 0.360. The molecule has 2 aromatic rings. The van der Waals surface area contributed by atoms with E-state index in [0.717, 1.165) is 44.6 Å². The fourth-order valence-corrected chi connectivity index (χ4v) is 3.78. The van der Waals surface area contributed by atoms with Gasteiger partial charge < -0.3 is 19.8 Å². The Balaban J connectivity index is 0.000000501. The topological polar surface area (TPSA) is 87.1 Å². The Labute approximate surface area is 183 Å². The van der Waals surface area contributed by atoms with E-state index < -0.39 is 11.9 Å². The van der Waals surface area contributed by atoms with E-state index in [1.807, 2.05) is 0 Å². The van der Waals surface area contributed by atoms with Crippen molar-refractivity contribution in [3.8, 4) is 5.75 Å². The van der Waals surface area contributed by atoms with E-state index in [0.29, 0.717) is 0 Å². The van der Waals surface area contributed by atoms with Crippen LogP contribution in [0, 0.1) is 0 Å². The Hall–Kier alpha value is -3.12. The van der Waals surface area contributed by atoms with Gasteiger partial charge in [0.05, 0.1) is 7.11 Å². The summed E-state index contributed by atoms with van der Waals surface area (Å²) in [5.74, 6) is -2.69. The summed E-state index contributed by atoms with van der Waals surface area (Å²) in [6.45, 7) is 7.84. The molecule has 2 N–H and O–H groups in total. The van der Waals surface area contributed by atoms with Crippen molar-refractivity contribution in [3.63, 3.8) is 0 Å². The lowest BCUT2D eigenvalue weighted by Gasteiger charge is -2.19. The largest absolute Gasteiger partial charge is 0.497 e. The van der Waals surface area contributed by atoms with Crippen molar-refractivity contribution in [1.29, 1.82) is 0 Å². The normalized spacial score (nSPS) is 12.3. The molecule has 0 amide bonds. The van der Waals surface area contributed by atoms with Crippen LogP contribution in [0.25, 0.3) is 5.57 Å². The molecular formula is C25H31NO5. The van der Waals surface area contributed by atoms with E-state index >= 15 is 0 Å². The molecule has 0 saturated heterocycles. The van der Waals surface area contributed by atoms with Gasteiger partial charge in [0.15, 0.2) is 0 Å². The summed E-state index contributed by atoms with van der Waals surface area (Å²) in [5.41, 5.74) is 7.35. The molecule has 31 heavy (non-hydrogen) atoms. The van der Waals surface area contributed by atoms with Crippen LogP contribution in [-0.4, -0.2) is 53.8 Å². The maximum atomic E-state index is 9.10. The van der Waals surface area contributed by atoms with Crippen LogP contribution >= 0.6 is 0 Å². The molecule has 3 rings (SSSR count). The van der Waals surface area contributed by atoms with Crippen LogP contribution < -0.4 is 4.74 Å². The molecule has 0 aromatic heterocycles. The van der Waals surface area contributed by atoms with Crippen molar-refractivity contribution in [2.24, 2.45) is 0 Å². The Kier molecular flexibility index (Phi) is 9.28. The number of hydrogen-bond acceptors (Lipinski definition) is 4. The molecule has 1 aliphatic rings. The summed E-state index contributed by atoms with van der Waals surface area (Å²) in [4.78, 5) is 20.7. The zero-order valence-electron chi connectivity index (χ0n) is 18.4. The summed E-state index contributed by atoms with van der Waals surface area (Å²) in [6.07, 6.45) is 3.23. The van der Waals surface area contributed by atoms with Crippen LogP contribution in [0.5, 0.6) is 5.75 Å². The number of carbonyl (C=O) groups is 2. The first-order valence-electron chi connectivity index (χ1n) is 10.5. The lowest BCUT2D eigenvalue weighted by atomic mass is 9.98. The van der Waals surface area contributed by atoms with Crippen molar-refractivity contribution in [1.82, 2.24) is 4.90 Å². The van der Waals surface area contributed by atoms with Gasteiger partial charge >= 0.3 is 11.9 Å². The number of hydrogen-bond donors (Lipinski definition) is 2. The number of nitrogens with zero attached hydrogens (tertiary/aromatic N) is 1. The molecule has 0 spiro atoms. The van der Waals surface area contributed by atoms with Gasteiger partial charge in [0.1, 0.15) is 5.75 Å². The van der Waals surface area contributed by atoms with E-state index in [1.165, 1.54) is 22.3 Å². The average Bonchev–Trinajstić information content (AvgIpc) is 3.11. The third-order valence-corrected chi connectivity index (χ3v) is 5.49. The molecule has 0 aliphatic heterocycles. The number of carboxylic acid groups (broad SMARTS) is 2. The molecule has 0 saturated carbocycles. The Bertz CT molecular complexity index is 905. The summed E-state index contributed by atoms with van der Waals surface area (Å²) < 4.78 is 5.48. The third kappa shape index (κ3) is 6.96. The van der Waals surface area contributed by atoms with Gasteiger partial charge in [-0.2, -0.15) is 0 Å². The van der Waals surface area contributed by atoms with Crippen LogP contribution in [0.3, 0.4) is 0 Å². The minimum absolute atomic E-state index is 0.958. The molecule has 0 radical (unpaired) electrons. The first kappa shape index (κ1) is 24.2. The number of rotatable bonds is 8. The molecular weight excluding hydrogens is 394 g/mol. The predicted molar refractivity (Wildman–Crippen MR) is 121 cm³/mol. The highest BCUT2D eigenvalue weighted by atomic mass is 16.5. The minimum atomic E-state index is -1.82. The summed E-state index contributed by atoms with van der Waals surface area (Å²) in [5, 5.41) is 14.8. The summed E-state index contributed by atoms with van der Waals surface area (Å²) in [6, 6.07) is 17.4. The summed E-state index contributed by atoms with van der Waals surface area (Å²) in [7, 11) is 1.75. The highest BCUT2D eigenvalue weighted by molar-refractivity contribution is 6.27. The van der Waals surface area contributed by atoms with Gasteiger partial charge in [0.25, 0.3) is 0 Å². The molecule has 0 heterocycles. The Morgan fingerprint density at radius 2 is 1.65 bits per heavy atom. The van der Waals surface area contributed by atoms with Gasteiger partial charge in [0, 0.05) is 6.54 Å². The highest BCUT2D eigenvalue weighted by Crippen LogP contribution is 2.38. The fourth-order valence-electron chi connectivity index (χ4n) is 3.78. The van der Waals surface area contributed by atoms with Crippen LogP contribution in [-0.2, 0) is 22.4 Å². The minimum Gasteiger partial charge on any atom is -0.497 e. The number of fused-ring (bicyclic) bond motifs is 1. The molecule has 0 unspecified atom stereocenters. The highest BCUT2D eigenvalue weighted by Gasteiger charge is 2.22. The monoisotopic (exact) mass is 425 g/mol. The number of allylic oxidation sites excluding steroid dienone is 1. The van der Waals surface area contributed by atoms with E-state index in [2.05, 4.69) is 67.3 Å². The zero-order valence-corrected chi connectivity index (χ0v) is 18.4. The Morgan fingerprint density at radius 3 is 2.19 bits per heavy atom. The van der Waals surface area contributed by atoms with Gasteiger partial charge in [-0.1, -0.05) is 55.8 Å². The number of aliphatic carboxylic acids is 2. The standard InChI is InChI=1S/C23H29NO.C2H2O4/c1-4-24(5-2)14-13-22-20(15-18-9-7-6-8-10-18)16-19-11-12-21(25-3)17-23(19)22;3-1(4)2(5)6/h6-12,17H,4-5,13-16H2,1-3H3;(H,3,4)(H,5,6). The number of benzene rings is 2. The number of methoxy groups -OCH3 is 1. The molecule has 166 valence electrons. The summed E-state index contributed by atoms with van der Waals surface area (Å²) >= 11 is 0. The quantitative estimate of drug-likeness (QED) is 0.618. The molecule has 6 heteroatoms. The van der Waals surface area contributed by atoms with Gasteiger partial charge in [-0.3, -0.25) is 0 Å². The maximum absolute atomic E-state index is 9.10. The van der Waals surface area contributed by atoms with Crippen LogP contribution in [0.2, 0.25) is 0 Å². The third-order valence-electron chi connectivity index (χ3n) is 5.49. The van der Waals surface area contributed by atoms with Crippen molar-refractivity contribution >= 4 is 17.5 Å². The van der Waals surface area contributed by atoms with E-state index in [1.54, 1.807) is 12.7 Å². The van der Waals surface area contributed by atoms with E-state index in [9.17, 15) is 0 Å². The van der Waals surface area contributed by atoms with Crippen LogP contribution in [0.15, 0.2) is 54.1 Å². The lowest BCUT2D eigenvalue weighted by molar-refractivity contribution is -0.159. The van der Waals surface area contributed by atoms with Gasteiger partial charge in [-0.05, 0) is 66.7 Å². The van der Waals surface area contributed by atoms with Gasteiger partial charge in [0.2, 0.25) is 0 Å². The number of carboxylic acids is 2. The maximum Gasteiger partial charge on any atom is 0.414 e. The first-order chi connectivity index (χ1) is 14.9.